The van der Waals surface area contributed by atoms with Crippen molar-refractivity contribution in [1.82, 2.24) is 10.2 Å². The Morgan fingerprint density at radius 3 is 2.56 bits per heavy atom. The highest BCUT2D eigenvalue weighted by Gasteiger charge is 2.27. The molecule has 0 spiro atoms. The molecule has 2 rings (SSSR count). The molecule has 9 heteroatoms. The van der Waals surface area contributed by atoms with E-state index in [-0.39, 0.29) is 42.2 Å². The number of nitro groups is 1. The van der Waals surface area contributed by atoms with Crippen molar-refractivity contribution in [2.45, 2.75) is 39.8 Å². The predicted molar refractivity (Wildman–Crippen MR) is 120 cm³/mol. The van der Waals surface area contributed by atoms with Gasteiger partial charge in [0.25, 0.3) is 5.91 Å². The first-order valence-electron chi connectivity index (χ1n) is 10.3. The van der Waals surface area contributed by atoms with Gasteiger partial charge in [0.2, 0.25) is 11.7 Å². The summed E-state index contributed by atoms with van der Waals surface area (Å²) in [7, 11) is 1.32. The number of ether oxygens (including phenoxy) is 2. The Bertz CT molecular complexity index is 962. The lowest BCUT2D eigenvalue weighted by molar-refractivity contribution is -0.385. The topological polar surface area (TPSA) is 111 Å². The van der Waals surface area contributed by atoms with Crippen molar-refractivity contribution >= 4 is 17.5 Å². The molecule has 32 heavy (non-hydrogen) atoms. The van der Waals surface area contributed by atoms with E-state index in [1.807, 2.05) is 38.1 Å². The van der Waals surface area contributed by atoms with Crippen LogP contribution in [0.3, 0.4) is 0 Å². The summed E-state index contributed by atoms with van der Waals surface area (Å²) in [6.45, 7) is 6.01. The summed E-state index contributed by atoms with van der Waals surface area (Å²) in [5.41, 5.74) is 1.73. The standard InChI is InChI=1S/C23H29N3O6/c1-5-12-24-23(28)17(3)25(14-18-9-7-6-8-16(18)2)22(27)15-32-19-10-11-20(26(29)30)21(13-19)31-4/h6-11,13,17H,5,12,14-15H2,1-4H3,(H,24,28)/t17-/m0/s1. The van der Waals surface area contributed by atoms with Gasteiger partial charge >= 0.3 is 5.69 Å². The molecule has 0 bridgehead atoms. The van der Waals surface area contributed by atoms with Crippen LogP contribution in [-0.4, -0.2) is 47.9 Å². The molecule has 2 aromatic carbocycles. The highest BCUT2D eigenvalue weighted by atomic mass is 16.6. The molecule has 0 saturated heterocycles. The van der Waals surface area contributed by atoms with Crippen molar-refractivity contribution in [3.63, 3.8) is 0 Å². The van der Waals surface area contributed by atoms with Crippen LogP contribution in [0.5, 0.6) is 11.5 Å². The highest BCUT2D eigenvalue weighted by Crippen LogP contribution is 2.30. The molecule has 0 radical (unpaired) electrons. The third kappa shape index (κ3) is 6.44. The third-order valence-electron chi connectivity index (χ3n) is 5.03. The second kappa shape index (κ2) is 11.7. The number of nitro benzene ring substituents is 1. The fourth-order valence-electron chi connectivity index (χ4n) is 3.08. The van der Waals surface area contributed by atoms with E-state index in [2.05, 4.69) is 5.32 Å². The summed E-state index contributed by atoms with van der Waals surface area (Å²) in [5.74, 6) is -0.348. The number of benzene rings is 2. The predicted octanol–water partition coefficient (Wildman–Crippen LogP) is 3.23. The van der Waals surface area contributed by atoms with Crippen LogP contribution in [0.2, 0.25) is 0 Å². The second-order valence-electron chi connectivity index (χ2n) is 7.29. The van der Waals surface area contributed by atoms with E-state index in [0.29, 0.717) is 6.54 Å². The van der Waals surface area contributed by atoms with E-state index in [9.17, 15) is 19.7 Å². The van der Waals surface area contributed by atoms with Crippen LogP contribution in [0.15, 0.2) is 42.5 Å². The Kier molecular flexibility index (Phi) is 9.00. The Hall–Kier alpha value is -3.62. The van der Waals surface area contributed by atoms with Crippen molar-refractivity contribution in [3.8, 4) is 11.5 Å². The minimum Gasteiger partial charge on any atom is -0.490 e. The maximum atomic E-state index is 13.1. The fraction of sp³-hybridized carbons (Fsp3) is 0.391. The Morgan fingerprint density at radius 2 is 1.94 bits per heavy atom. The van der Waals surface area contributed by atoms with Gasteiger partial charge in [-0.1, -0.05) is 31.2 Å². The molecule has 2 amide bonds. The van der Waals surface area contributed by atoms with Gasteiger partial charge in [-0.3, -0.25) is 19.7 Å². The number of nitrogens with zero attached hydrogens (tertiary/aromatic N) is 2. The summed E-state index contributed by atoms with van der Waals surface area (Å²) in [5, 5.41) is 13.9. The number of nitrogens with one attached hydrogen (secondary N) is 1. The van der Waals surface area contributed by atoms with Gasteiger partial charge in [0, 0.05) is 25.2 Å². The molecule has 2 aromatic rings. The van der Waals surface area contributed by atoms with Gasteiger partial charge in [-0.25, -0.2) is 0 Å². The van der Waals surface area contributed by atoms with Gasteiger partial charge < -0.3 is 19.7 Å². The molecule has 0 aliphatic carbocycles. The van der Waals surface area contributed by atoms with Gasteiger partial charge in [-0.2, -0.15) is 0 Å². The molecular weight excluding hydrogens is 414 g/mol. The van der Waals surface area contributed by atoms with Crippen molar-refractivity contribution < 1.29 is 24.0 Å². The zero-order valence-electron chi connectivity index (χ0n) is 18.8. The van der Waals surface area contributed by atoms with Crippen LogP contribution in [0, 0.1) is 17.0 Å². The van der Waals surface area contributed by atoms with Crippen LogP contribution < -0.4 is 14.8 Å². The molecule has 1 atom stereocenters. The minimum atomic E-state index is -0.705. The first-order chi connectivity index (χ1) is 15.3. The summed E-state index contributed by atoms with van der Waals surface area (Å²) >= 11 is 0. The molecule has 0 aliphatic rings. The van der Waals surface area contributed by atoms with E-state index in [1.165, 1.54) is 30.2 Å². The summed E-state index contributed by atoms with van der Waals surface area (Å²) in [6, 6.07) is 11.0. The number of hydrogen-bond acceptors (Lipinski definition) is 6. The number of carbonyl (C=O) groups excluding carboxylic acids is 2. The van der Waals surface area contributed by atoms with Gasteiger partial charge in [0.15, 0.2) is 6.61 Å². The average molecular weight is 444 g/mol. The molecule has 9 nitrogen and oxygen atoms in total. The number of rotatable bonds is 11. The highest BCUT2D eigenvalue weighted by molar-refractivity contribution is 5.88. The van der Waals surface area contributed by atoms with Crippen LogP contribution in [-0.2, 0) is 16.1 Å². The lowest BCUT2D eigenvalue weighted by Crippen LogP contribution is -2.49. The first kappa shape index (κ1) is 24.6. The molecule has 0 fully saturated rings. The maximum Gasteiger partial charge on any atom is 0.311 e. The number of methoxy groups -OCH3 is 1. The summed E-state index contributed by atoms with van der Waals surface area (Å²) in [4.78, 5) is 37.6. The number of amides is 2. The molecule has 1 N–H and O–H groups in total. The van der Waals surface area contributed by atoms with Crippen molar-refractivity contribution in [1.29, 1.82) is 0 Å². The van der Waals surface area contributed by atoms with Crippen LogP contribution in [0.1, 0.15) is 31.4 Å². The Morgan fingerprint density at radius 1 is 1.22 bits per heavy atom. The van der Waals surface area contributed by atoms with Crippen LogP contribution in [0.4, 0.5) is 5.69 Å². The van der Waals surface area contributed by atoms with Crippen LogP contribution in [0.25, 0.3) is 0 Å². The van der Waals surface area contributed by atoms with Crippen LogP contribution >= 0.6 is 0 Å². The van der Waals surface area contributed by atoms with Crippen molar-refractivity contribution in [3.05, 3.63) is 63.7 Å². The molecule has 0 aromatic heterocycles. The number of carbonyl (C=O) groups is 2. The fourth-order valence-corrected chi connectivity index (χ4v) is 3.08. The molecule has 0 aliphatic heterocycles. The Labute approximate surface area is 187 Å². The van der Waals surface area contributed by atoms with E-state index in [0.717, 1.165) is 17.5 Å². The smallest absolute Gasteiger partial charge is 0.311 e. The monoisotopic (exact) mass is 443 g/mol. The summed E-state index contributed by atoms with van der Waals surface area (Å²) < 4.78 is 10.6. The van der Waals surface area contributed by atoms with E-state index in [4.69, 9.17) is 9.47 Å². The third-order valence-corrected chi connectivity index (χ3v) is 5.03. The van der Waals surface area contributed by atoms with Gasteiger partial charge in [0.1, 0.15) is 11.8 Å². The van der Waals surface area contributed by atoms with Crippen molar-refractivity contribution in [2.24, 2.45) is 0 Å². The van der Waals surface area contributed by atoms with Gasteiger partial charge in [-0.05, 0) is 37.5 Å². The molecular formula is C23H29N3O6. The lowest BCUT2D eigenvalue weighted by Gasteiger charge is -2.29. The first-order valence-corrected chi connectivity index (χ1v) is 10.3. The zero-order chi connectivity index (χ0) is 23.7. The maximum absolute atomic E-state index is 13.1. The minimum absolute atomic E-state index is 0.0315. The number of aryl methyl sites for hydroxylation is 1. The molecule has 172 valence electrons. The van der Waals surface area contributed by atoms with E-state index < -0.39 is 11.0 Å². The average Bonchev–Trinajstić information content (AvgIpc) is 2.79. The quantitative estimate of drug-likeness (QED) is 0.422. The van der Waals surface area contributed by atoms with Gasteiger partial charge in [0.05, 0.1) is 12.0 Å². The number of hydrogen-bond donors (Lipinski definition) is 1. The van der Waals surface area contributed by atoms with Gasteiger partial charge in [-0.15, -0.1) is 0 Å². The second-order valence-corrected chi connectivity index (χ2v) is 7.29. The zero-order valence-corrected chi connectivity index (χ0v) is 18.8. The molecule has 0 saturated carbocycles. The Balaban J connectivity index is 2.19. The lowest BCUT2D eigenvalue weighted by atomic mass is 10.1. The molecule has 0 unspecified atom stereocenters. The van der Waals surface area contributed by atoms with Crippen molar-refractivity contribution in [2.75, 3.05) is 20.3 Å². The van der Waals surface area contributed by atoms with E-state index in [1.54, 1.807) is 6.92 Å². The SMILES string of the molecule is CCCNC(=O)[C@H](C)N(Cc1ccccc1C)C(=O)COc1ccc([N+](=O)[O-])c(OC)c1. The summed E-state index contributed by atoms with van der Waals surface area (Å²) in [6.07, 6.45) is 0.787. The molecule has 0 heterocycles. The van der Waals surface area contributed by atoms with E-state index >= 15 is 0 Å². The largest absolute Gasteiger partial charge is 0.490 e. The normalized spacial score (nSPS) is 11.4.